The van der Waals surface area contributed by atoms with Crippen LogP contribution in [0.1, 0.15) is 44.6 Å². The summed E-state index contributed by atoms with van der Waals surface area (Å²) in [6, 6.07) is 5.70. The van der Waals surface area contributed by atoms with Crippen LogP contribution in [0.25, 0.3) is 0 Å². The average molecular weight is 600 g/mol. The lowest BCUT2D eigenvalue weighted by Crippen LogP contribution is -2.47. The largest absolute Gasteiger partial charge is 0.468 e. The molecule has 0 saturated carbocycles. The molecule has 0 bridgehead atoms. The van der Waals surface area contributed by atoms with E-state index in [0.29, 0.717) is 17.0 Å². The van der Waals surface area contributed by atoms with E-state index < -0.39 is 52.0 Å². The van der Waals surface area contributed by atoms with Gasteiger partial charge >= 0.3 is 12.1 Å². The Balaban J connectivity index is 1.39. The molecule has 15 heteroatoms. The summed E-state index contributed by atoms with van der Waals surface area (Å²) < 4.78 is 10.3. The minimum Gasteiger partial charge on any atom is -0.468 e. The van der Waals surface area contributed by atoms with Crippen molar-refractivity contribution < 1.29 is 43.2 Å². The van der Waals surface area contributed by atoms with E-state index in [1.165, 1.54) is 37.3 Å². The molecular weight excluding hydrogens is 566 g/mol. The summed E-state index contributed by atoms with van der Waals surface area (Å²) in [5.74, 6) is -3.94. The maximum atomic E-state index is 13.4. The first-order chi connectivity index (χ1) is 20.4. The number of amides is 4. The second-order valence-corrected chi connectivity index (χ2v) is 10.6. The molecule has 3 aliphatic rings. The van der Waals surface area contributed by atoms with E-state index in [4.69, 9.17) is 14.3 Å². The fraction of sp³-hybridized carbons (Fsp3) is 0.500. The predicted octanol–water partition coefficient (Wildman–Crippen LogP) is 1.87. The summed E-state index contributed by atoms with van der Waals surface area (Å²) in [5, 5.41) is 14.9. The molecule has 0 aliphatic carbocycles. The number of esters is 1. The number of nitrogens with zero attached hydrogens (tertiary/aromatic N) is 4. The fourth-order valence-corrected chi connectivity index (χ4v) is 5.90. The van der Waals surface area contributed by atoms with Crippen molar-refractivity contribution in [1.82, 2.24) is 15.3 Å². The van der Waals surface area contributed by atoms with Crippen LogP contribution >= 0.6 is 0 Å². The lowest BCUT2D eigenvalue weighted by molar-refractivity contribution is -0.384. The first kappa shape index (κ1) is 31.3. The molecule has 4 rings (SSSR count). The first-order valence-electron chi connectivity index (χ1n) is 13.6. The Morgan fingerprint density at radius 1 is 1.16 bits per heavy atom. The minimum atomic E-state index is -0.991. The lowest BCUT2D eigenvalue weighted by Gasteiger charge is -2.36. The molecule has 1 aromatic carbocycles. The number of ether oxygens (including phenoxy) is 2. The van der Waals surface area contributed by atoms with Gasteiger partial charge in [-0.25, -0.2) is 4.79 Å². The number of allylic oxidation sites excluding steroid dienone is 1. The number of piperidine rings is 1. The first-order valence-corrected chi connectivity index (χ1v) is 13.6. The van der Waals surface area contributed by atoms with Crippen molar-refractivity contribution >= 4 is 41.2 Å². The second kappa shape index (κ2) is 12.7. The van der Waals surface area contributed by atoms with Gasteiger partial charge in [-0.2, -0.15) is 5.06 Å². The molecule has 230 valence electrons. The normalized spacial score (nSPS) is 21.5. The van der Waals surface area contributed by atoms with Crippen molar-refractivity contribution in [2.24, 2.45) is 16.3 Å². The number of imide groups is 1. The van der Waals surface area contributed by atoms with E-state index in [9.17, 15) is 34.1 Å². The van der Waals surface area contributed by atoms with Gasteiger partial charge < -0.3 is 19.7 Å². The van der Waals surface area contributed by atoms with E-state index in [1.54, 1.807) is 19.9 Å². The molecule has 2 atom stereocenters. The summed E-state index contributed by atoms with van der Waals surface area (Å²) in [6.45, 7) is 3.42. The zero-order valence-electron chi connectivity index (χ0n) is 24.3. The van der Waals surface area contributed by atoms with Crippen LogP contribution in [0.15, 0.2) is 40.5 Å². The number of aliphatic imine (C=N–C) groups is 1. The summed E-state index contributed by atoms with van der Waals surface area (Å²) in [5.41, 5.74) is 0.145. The van der Waals surface area contributed by atoms with E-state index in [2.05, 4.69) is 10.3 Å². The van der Waals surface area contributed by atoms with Crippen LogP contribution in [-0.2, 0) is 33.5 Å². The molecule has 1 aromatic rings. The number of nitro groups is 1. The zero-order chi connectivity index (χ0) is 31.5. The molecule has 1 spiro atoms. The van der Waals surface area contributed by atoms with Crippen LogP contribution in [-0.4, -0.2) is 90.8 Å². The third-order valence-corrected chi connectivity index (χ3v) is 8.10. The SMILES string of the molecule is COC(=O)C1C(C)=NC(C)=C(C(=O)NCCOC(=O)N2CCC3(CC2)CC(=O)N(OC)C3=O)C1c1cccc([N+](=O)[O-])c1. The fourth-order valence-electron chi connectivity index (χ4n) is 5.90. The number of nitro benzene ring substituents is 1. The third-order valence-electron chi connectivity index (χ3n) is 8.10. The maximum Gasteiger partial charge on any atom is 0.409 e. The van der Waals surface area contributed by atoms with Gasteiger partial charge in [0.2, 0.25) is 5.91 Å². The van der Waals surface area contributed by atoms with E-state index in [1.807, 2.05) is 0 Å². The zero-order valence-corrected chi connectivity index (χ0v) is 24.3. The molecule has 43 heavy (non-hydrogen) atoms. The van der Waals surface area contributed by atoms with Gasteiger partial charge in [0.05, 0.1) is 31.1 Å². The van der Waals surface area contributed by atoms with Gasteiger partial charge in [0.25, 0.3) is 17.5 Å². The van der Waals surface area contributed by atoms with Crippen LogP contribution in [0.4, 0.5) is 10.5 Å². The number of hydrogen-bond acceptors (Lipinski definition) is 11. The number of non-ortho nitro benzene ring substituents is 1. The minimum absolute atomic E-state index is 0.0294. The maximum absolute atomic E-state index is 13.4. The monoisotopic (exact) mass is 599 g/mol. The van der Waals surface area contributed by atoms with E-state index >= 15 is 0 Å². The van der Waals surface area contributed by atoms with Gasteiger partial charge in [0.1, 0.15) is 12.5 Å². The molecule has 3 heterocycles. The Hall–Kier alpha value is -4.66. The highest BCUT2D eigenvalue weighted by atomic mass is 16.7. The van der Waals surface area contributed by atoms with Crippen molar-refractivity contribution in [3.05, 3.63) is 51.2 Å². The van der Waals surface area contributed by atoms with Crippen molar-refractivity contribution in [3.8, 4) is 0 Å². The summed E-state index contributed by atoms with van der Waals surface area (Å²) in [6.07, 6.45) is -0.0201. The molecule has 15 nitrogen and oxygen atoms in total. The third kappa shape index (κ3) is 6.11. The molecule has 4 amide bonds. The highest BCUT2D eigenvalue weighted by Crippen LogP contribution is 2.43. The van der Waals surface area contributed by atoms with Crippen LogP contribution in [0.3, 0.4) is 0 Å². The van der Waals surface area contributed by atoms with Crippen molar-refractivity contribution in [3.63, 3.8) is 0 Å². The van der Waals surface area contributed by atoms with Gasteiger partial charge in [-0.3, -0.25) is 39.1 Å². The predicted molar refractivity (Wildman–Crippen MR) is 148 cm³/mol. The van der Waals surface area contributed by atoms with Crippen LogP contribution < -0.4 is 5.32 Å². The van der Waals surface area contributed by atoms with E-state index in [-0.39, 0.29) is 56.8 Å². The summed E-state index contributed by atoms with van der Waals surface area (Å²) in [4.78, 5) is 85.1. The van der Waals surface area contributed by atoms with Gasteiger partial charge in [-0.1, -0.05) is 12.1 Å². The van der Waals surface area contributed by atoms with Gasteiger partial charge in [-0.15, -0.1) is 0 Å². The second-order valence-electron chi connectivity index (χ2n) is 10.6. The molecule has 0 aromatic heterocycles. The Kier molecular flexibility index (Phi) is 9.23. The van der Waals surface area contributed by atoms with Crippen molar-refractivity contribution in [2.75, 3.05) is 40.5 Å². The number of methoxy groups -OCH3 is 1. The van der Waals surface area contributed by atoms with Gasteiger partial charge in [0, 0.05) is 54.5 Å². The molecule has 3 aliphatic heterocycles. The van der Waals surface area contributed by atoms with Crippen LogP contribution in [0.2, 0.25) is 0 Å². The van der Waals surface area contributed by atoms with Gasteiger partial charge in [-0.05, 0) is 32.3 Å². The van der Waals surface area contributed by atoms with Crippen LogP contribution in [0.5, 0.6) is 0 Å². The highest BCUT2D eigenvalue weighted by molar-refractivity contribution is 6.08. The standard InChI is InChI=1S/C28H33N5O10/c1-16-21(23(22(17(2)30-16)25(36)41-3)18-6-5-7-19(14-18)33(39)40)24(35)29-10-13-43-27(38)31-11-8-28(9-12-31)15-20(34)32(42-4)26(28)37/h5-7,14,22-23H,8-13,15H2,1-4H3,(H,29,35). The van der Waals surface area contributed by atoms with Gasteiger partial charge in [0.15, 0.2) is 0 Å². The molecule has 2 fully saturated rings. The molecule has 2 unspecified atom stereocenters. The topological polar surface area (TPSA) is 187 Å². The number of hydroxylamine groups is 2. The Bertz CT molecular complexity index is 1410. The summed E-state index contributed by atoms with van der Waals surface area (Å²) >= 11 is 0. The molecular formula is C28H33N5O10. The molecule has 1 N–H and O–H groups in total. The number of benzene rings is 1. The quantitative estimate of drug-likeness (QED) is 0.152. The van der Waals surface area contributed by atoms with E-state index in [0.717, 1.165) is 5.06 Å². The highest BCUT2D eigenvalue weighted by Gasteiger charge is 2.53. The Morgan fingerprint density at radius 2 is 1.86 bits per heavy atom. The molecule has 0 radical (unpaired) electrons. The van der Waals surface area contributed by atoms with Crippen molar-refractivity contribution in [1.29, 1.82) is 0 Å². The number of hydrogen-bond donors (Lipinski definition) is 1. The number of carbonyl (C=O) groups is 5. The Labute approximate surface area is 246 Å². The summed E-state index contributed by atoms with van der Waals surface area (Å²) in [7, 11) is 2.47. The van der Waals surface area contributed by atoms with Crippen LogP contribution in [0, 0.1) is 21.4 Å². The number of rotatable bonds is 8. The number of carbonyl (C=O) groups excluding carboxylic acids is 5. The number of nitrogens with one attached hydrogen (secondary N) is 1. The average Bonchev–Trinajstić information content (AvgIpc) is 3.21. The lowest BCUT2D eigenvalue weighted by atomic mass is 9.75. The number of likely N-dealkylation sites (tertiary alicyclic amines) is 1. The molecule has 2 saturated heterocycles. The van der Waals surface area contributed by atoms with Crippen molar-refractivity contribution in [2.45, 2.75) is 39.0 Å². The Morgan fingerprint density at radius 3 is 2.47 bits per heavy atom. The smallest absolute Gasteiger partial charge is 0.409 e.